The highest BCUT2D eigenvalue weighted by molar-refractivity contribution is 5.67. The second-order valence-electron chi connectivity index (χ2n) is 5.87. The standard InChI is InChI=1S/C12H23NO2/c1-9(2)12(6-7-12)8-13-10(14)15-11(3,4)5/h9H,6-8H2,1-5H3,(H,13,14). The van der Waals surface area contributed by atoms with E-state index in [1.54, 1.807) is 0 Å². The molecule has 0 bridgehead atoms. The van der Waals surface area contributed by atoms with E-state index in [1.807, 2.05) is 20.8 Å². The molecule has 0 atom stereocenters. The molecule has 0 spiro atoms. The zero-order valence-corrected chi connectivity index (χ0v) is 10.5. The van der Waals surface area contributed by atoms with Gasteiger partial charge in [0.1, 0.15) is 5.60 Å². The number of carbonyl (C=O) groups excluding carboxylic acids is 1. The zero-order valence-electron chi connectivity index (χ0n) is 10.5. The molecule has 0 aromatic heterocycles. The molecule has 1 amide bonds. The molecule has 1 aliphatic carbocycles. The smallest absolute Gasteiger partial charge is 0.407 e. The molecule has 1 N–H and O–H groups in total. The Morgan fingerprint density at radius 2 is 1.93 bits per heavy atom. The molecule has 3 nitrogen and oxygen atoms in total. The summed E-state index contributed by atoms with van der Waals surface area (Å²) in [5.74, 6) is 0.632. The monoisotopic (exact) mass is 213 g/mol. The lowest BCUT2D eigenvalue weighted by atomic mass is 9.92. The molecular formula is C12H23NO2. The van der Waals surface area contributed by atoms with Gasteiger partial charge in [-0.3, -0.25) is 0 Å². The van der Waals surface area contributed by atoms with Crippen LogP contribution in [0.5, 0.6) is 0 Å². The van der Waals surface area contributed by atoms with Gasteiger partial charge in [-0.2, -0.15) is 0 Å². The van der Waals surface area contributed by atoms with Gasteiger partial charge in [0.2, 0.25) is 0 Å². The Balaban J connectivity index is 2.29. The van der Waals surface area contributed by atoms with E-state index in [9.17, 15) is 4.79 Å². The minimum absolute atomic E-state index is 0.297. The summed E-state index contributed by atoms with van der Waals surface area (Å²) in [4.78, 5) is 11.4. The predicted molar refractivity (Wildman–Crippen MR) is 60.7 cm³/mol. The Bertz CT molecular complexity index is 236. The van der Waals surface area contributed by atoms with Crippen LogP contribution in [0.3, 0.4) is 0 Å². The lowest BCUT2D eigenvalue weighted by Crippen LogP contribution is -2.37. The van der Waals surface area contributed by atoms with Gasteiger partial charge in [0.25, 0.3) is 0 Å². The molecule has 0 saturated heterocycles. The van der Waals surface area contributed by atoms with Crippen molar-refractivity contribution < 1.29 is 9.53 Å². The van der Waals surface area contributed by atoms with Crippen LogP contribution < -0.4 is 5.32 Å². The number of alkyl carbamates (subject to hydrolysis) is 1. The normalized spacial score (nSPS) is 18.8. The van der Waals surface area contributed by atoms with Gasteiger partial charge in [0.05, 0.1) is 0 Å². The molecule has 0 aromatic carbocycles. The average molecular weight is 213 g/mol. The van der Waals surface area contributed by atoms with Crippen LogP contribution in [-0.2, 0) is 4.74 Å². The first-order valence-electron chi connectivity index (χ1n) is 5.72. The van der Waals surface area contributed by atoms with Gasteiger partial charge in [-0.15, -0.1) is 0 Å². The minimum Gasteiger partial charge on any atom is -0.444 e. The van der Waals surface area contributed by atoms with Gasteiger partial charge in [0.15, 0.2) is 0 Å². The maximum absolute atomic E-state index is 11.4. The van der Waals surface area contributed by atoms with Crippen molar-refractivity contribution in [2.45, 2.75) is 53.1 Å². The highest BCUT2D eigenvalue weighted by Gasteiger charge is 2.45. The maximum Gasteiger partial charge on any atom is 0.407 e. The third kappa shape index (κ3) is 3.73. The summed E-state index contributed by atoms with van der Waals surface area (Å²) in [5.41, 5.74) is -0.0600. The summed E-state index contributed by atoms with van der Waals surface area (Å²) in [7, 11) is 0. The second kappa shape index (κ2) is 4.03. The van der Waals surface area contributed by atoms with Gasteiger partial charge in [-0.1, -0.05) is 13.8 Å². The molecule has 0 heterocycles. The summed E-state index contributed by atoms with van der Waals surface area (Å²) < 4.78 is 5.19. The Morgan fingerprint density at radius 3 is 2.27 bits per heavy atom. The topological polar surface area (TPSA) is 38.3 Å². The van der Waals surface area contributed by atoms with Crippen LogP contribution in [0, 0.1) is 11.3 Å². The molecule has 3 heteroatoms. The van der Waals surface area contributed by atoms with Crippen molar-refractivity contribution in [3.05, 3.63) is 0 Å². The van der Waals surface area contributed by atoms with Gasteiger partial charge in [-0.25, -0.2) is 4.79 Å². The highest BCUT2D eigenvalue weighted by atomic mass is 16.6. The largest absolute Gasteiger partial charge is 0.444 e. The lowest BCUT2D eigenvalue weighted by molar-refractivity contribution is 0.0510. The van der Waals surface area contributed by atoms with Crippen LogP contribution in [0.4, 0.5) is 4.79 Å². The molecule has 1 rings (SSSR count). The minimum atomic E-state index is -0.404. The number of ether oxygens (including phenoxy) is 1. The van der Waals surface area contributed by atoms with E-state index in [0.29, 0.717) is 11.3 Å². The summed E-state index contributed by atoms with van der Waals surface area (Å²) in [6.45, 7) is 10.8. The van der Waals surface area contributed by atoms with Crippen LogP contribution in [0.1, 0.15) is 47.5 Å². The van der Waals surface area contributed by atoms with E-state index in [0.717, 1.165) is 6.54 Å². The molecular weight excluding hydrogens is 190 g/mol. The fourth-order valence-electron chi connectivity index (χ4n) is 1.68. The molecule has 88 valence electrons. The van der Waals surface area contributed by atoms with Crippen LogP contribution in [0.25, 0.3) is 0 Å². The van der Waals surface area contributed by atoms with Crippen molar-refractivity contribution in [1.29, 1.82) is 0 Å². The van der Waals surface area contributed by atoms with Crippen LogP contribution in [0.15, 0.2) is 0 Å². The first kappa shape index (κ1) is 12.3. The van der Waals surface area contributed by atoms with E-state index >= 15 is 0 Å². The SMILES string of the molecule is CC(C)C1(CNC(=O)OC(C)(C)C)CC1. The Labute approximate surface area is 92.6 Å². The van der Waals surface area contributed by atoms with Gasteiger partial charge >= 0.3 is 6.09 Å². The van der Waals surface area contributed by atoms with Crippen molar-refractivity contribution in [2.24, 2.45) is 11.3 Å². The van der Waals surface area contributed by atoms with Crippen molar-refractivity contribution >= 4 is 6.09 Å². The van der Waals surface area contributed by atoms with Gasteiger partial charge in [0, 0.05) is 6.54 Å². The number of hydrogen-bond acceptors (Lipinski definition) is 2. The van der Waals surface area contributed by atoms with E-state index in [2.05, 4.69) is 19.2 Å². The number of carbonyl (C=O) groups is 1. The van der Waals surface area contributed by atoms with Crippen molar-refractivity contribution in [3.8, 4) is 0 Å². The summed E-state index contributed by atoms with van der Waals surface area (Å²) in [6.07, 6.45) is 2.15. The molecule has 1 fully saturated rings. The molecule has 0 radical (unpaired) electrons. The summed E-state index contributed by atoms with van der Waals surface area (Å²) >= 11 is 0. The Hall–Kier alpha value is -0.730. The van der Waals surface area contributed by atoms with Crippen molar-refractivity contribution in [1.82, 2.24) is 5.32 Å². The molecule has 15 heavy (non-hydrogen) atoms. The van der Waals surface area contributed by atoms with Crippen LogP contribution >= 0.6 is 0 Å². The van der Waals surface area contributed by atoms with Gasteiger partial charge in [-0.05, 0) is 44.9 Å². The number of hydrogen-bond donors (Lipinski definition) is 1. The molecule has 0 aromatic rings. The van der Waals surface area contributed by atoms with E-state index in [4.69, 9.17) is 4.74 Å². The first-order valence-corrected chi connectivity index (χ1v) is 5.72. The summed E-state index contributed by atoms with van der Waals surface area (Å²) in [6, 6.07) is 0. The third-order valence-corrected chi connectivity index (χ3v) is 3.10. The van der Waals surface area contributed by atoms with E-state index in [1.165, 1.54) is 12.8 Å². The van der Waals surface area contributed by atoms with Crippen molar-refractivity contribution in [2.75, 3.05) is 6.54 Å². The zero-order chi connectivity index (χ0) is 11.7. The number of nitrogens with one attached hydrogen (secondary N) is 1. The lowest BCUT2D eigenvalue weighted by Gasteiger charge is -2.23. The fourth-order valence-corrected chi connectivity index (χ4v) is 1.68. The molecule has 0 aliphatic heterocycles. The number of rotatable bonds is 3. The van der Waals surface area contributed by atoms with Gasteiger partial charge < -0.3 is 10.1 Å². The van der Waals surface area contributed by atoms with E-state index in [-0.39, 0.29) is 6.09 Å². The van der Waals surface area contributed by atoms with Crippen LogP contribution in [0.2, 0.25) is 0 Å². The molecule has 0 unspecified atom stereocenters. The molecule has 1 aliphatic rings. The van der Waals surface area contributed by atoms with E-state index < -0.39 is 5.60 Å². The molecule has 1 saturated carbocycles. The maximum atomic E-state index is 11.4. The quantitative estimate of drug-likeness (QED) is 0.782. The highest BCUT2D eigenvalue weighted by Crippen LogP contribution is 2.51. The van der Waals surface area contributed by atoms with Crippen molar-refractivity contribution in [3.63, 3.8) is 0 Å². The Kier molecular flexibility index (Phi) is 3.31. The second-order valence-corrected chi connectivity index (χ2v) is 5.87. The third-order valence-electron chi connectivity index (χ3n) is 3.10. The first-order chi connectivity index (χ1) is 6.75. The number of amides is 1. The predicted octanol–water partition coefficient (Wildman–Crippen LogP) is 2.95. The summed E-state index contributed by atoms with van der Waals surface area (Å²) in [5, 5.41) is 2.86. The Morgan fingerprint density at radius 1 is 1.40 bits per heavy atom. The fraction of sp³-hybridized carbons (Fsp3) is 0.917. The average Bonchev–Trinajstić information content (AvgIpc) is 2.77. The van der Waals surface area contributed by atoms with Crippen LogP contribution in [-0.4, -0.2) is 18.2 Å².